The summed E-state index contributed by atoms with van der Waals surface area (Å²) < 4.78 is 71.1. The van der Waals surface area contributed by atoms with Crippen molar-refractivity contribution in [2.24, 2.45) is 5.41 Å². The first-order chi connectivity index (χ1) is 16.7. The second kappa shape index (κ2) is 10.1. The van der Waals surface area contributed by atoms with Crippen molar-refractivity contribution in [2.75, 3.05) is 0 Å². The van der Waals surface area contributed by atoms with E-state index in [9.17, 15) is 36.6 Å². The highest BCUT2D eigenvalue weighted by Gasteiger charge is 2.34. The van der Waals surface area contributed by atoms with E-state index in [-0.39, 0.29) is 28.9 Å². The molecule has 0 heterocycles. The van der Waals surface area contributed by atoms with Crippen LogP contribution in [0.3, 0.4) is 0 Å². The van der Waals surface area contributed by atoms with Gasteiger partial charge in [-0.2, -0.15) is 13.2 Å². The lowest BCUT2D eigenvalue weighted by atomic mass is 9.86. The molecule has 0 spiro atoms. The van der Waals surface area contributed by atoms with E-state index in [1.54, 1.807) is 20.8 Å². The molecule has 0 saturated carbocycles. The van der Waals surface area contributed by atoms with Gasteiger partial charge in [0.15, 0.2) is 0 Å². The Balaban J connectivity index is 2.03. The van der Waals surface area contributed by atoms with E-state index in [1.807, 2.05) is 0 Å². The van der Waals surface area contributed by atoms with Crippen LogP contribution in [0.25, 0.3) is 10.8 Å². The highest BCUT2D eigenvalue weighted by molar-refractivity contribution is 6.05. The number of benzene rings is 3. The van der Waals surface area contributed by atoms with Crippen LogP contribution < -0.4 is 10.1 Å². The van der Waals surface area contributed by atoms with Crippen molar-refractivity contribution in [3.05, 3.63) is 76.9 Å². The van der Waals surface area contributed by atoms with E-state index in [0.29, 0.717) is 10.9 Å². The van der Waals surface area contributed by atoms with Gasteiger partial charge < -0.3 is 15.2 Å². The molecule has 0 aliphatic carbocycles. The maximum atomic E-state index is 13.4. The summed E-state index contributed by atoms with van der Waals surface area (Å²) in [6.07, 6.45) is -7.31. The first-order valence-corrected chi connectivity index (χ1v) is 10.9. The summed E-state index contributed by atoms with van der Waals surface area (Å²) in [6, 6.07) is 9.62. The lowest BCUT2D eigenvalue weighted by molar-refractivity contribution is -0.142. The molecule has 1 amide bonds. The van der Waals surface area contributed by atoms with Crippen LogP contribution in [0.1, 0.15) is 54.2 Å². The SMILES string of the molecule is CC(C)(C)[C@@H](NC(=O)c1ccc2ccc(C(F)F)cc2c1OCc1ccc(C(F)(F)F)cc1)C(=O)O. The molecule has 0 bridgehead atoms. The van der Waals surface area contributed by atoms with Crippen LogP contribution in [-0.4, -0.2) is 23.0 Å². The molecular weight excluding hydrogens is 485 g/mol. The molecule has 36 heavy (non-hydrogen) atoms. The molecule has 0 aromatic heterocycles. The van der Waals surface area contributed by atoms with Crippen molar-refractivity contribution in [1.29, 1.82) is 0 Å². The zero-order valence-corrected chi connectivity index (χ0v) is 19.6. The third-order valence-corrected chi connectivity index (χ3v) is 5.55. The lowest BCUT2D eigenvalue weighted by Crippen LogP contribution is -2.49. The van der Waals surface area contributed by atoms with Crippen LogP contribution in [0.5, 0.6) is 5.75 Å². The maximum Gasteiger partial charge on any atom is 0.416 e. The minimum Gasteiger partial charge on any atom is -0.487 e. The van der Waals surface area contributed by atoms with Crippen molar-refractivity contribution < 1.29 is 41.4 Å². The monoisotopic (exact) mass is 509 g/mol. The fourth-order valence-corrected chi connectivity index (χ4v) is 3.58. The second-order valence-corrected chi connectivity index (χ2v) is 9.32. The smallest absolute Gasteiger partial charge is 0.416 e. The van der Waals surface area contributed by atoms with E-state index in [2.05, 4.69) is 5.32 Å². The van der Waals surface area contributed by atoms with Crippen LogP contribution in [0.4, 0.5) is 22.0 Å². The number of hydrogen-bond donors (Lipinski definition) is 2. The largest absolute Gasteiger partial charge is 0.487 e. The fourth-order valence-electron chi connectivity index (χ4n) is 3.58. The van der Waals surface area contributed by atoms with Gasteiger partial charge in [-0.15, -0.1) is 0 Å². The highest BCUT2D eigenvalue weighted by Crippen LogP contribution is 2.35. The first kappa shape index (κ1) is 26.9. The molecule has 0 radical (unpaired) electrons. The van der Waals surface area contributed by atoms with Crippen LogP contribution in [0.2, 0.25) is 0 Å². The number of fused-ring (bicyclic) bond motifs is 1. The van der Waals surface area contributed by atoms with Crippen molar-refractivity contribution in [2.45, 2.75) is 46.0 Å². The summed E-state index contributed by atoms with van der Waals surface area (Å²) >= 11 is 0. The Morgan fingerprint density at radius 1 is 0.972 bits per heavy atom. The minimum absolute atomic E-state index is 0.0922. The number of aliphatic carboxylic acids is 1. The number of ether oxygens (including phenoxy) is 1. The van der Waals surface area contributed by atoms with Gasteiger partial charge in [0.05, 0.1) is 11.1 Å². The summed E-state index contributed by atoms with van der Waals surface area (Å²) in [5, 5.41) is 12.7. The summed E-state index contributed by atoms with van der Waals surface area (Å²) in [4.78, 5) is 24.9. The number of alkyl halides is 5. The van der Waals surface area contributed by atoms with Crippen molar-refractivity contribution in [3.8, 4) is 5.75 Å². The molecule has 10 heteroatoms. The van der Waals surface area contributed by atoms with Gasteiger partial charge in [0.1, 0.15) is 18.4 Å². The van der Waals surface area contributed by atoms with Crippen LogP contribution >= 0.6 is 0 Å². The zero-order chi connectivity index (χ0) is 26.8. The Morgan fingerprint density at radius 3 is 2.11 bits per heavy atom. The highest BCUT2D eigenvalue weighted by atomic mass is 19.4. The minimum atomic E-state index is -4.51. The molecule has 0 aliphatic rings. The number of carboxylic acid groups (broad SMARTS) is 1. The molecule has 3 aromatic rings. The van der Waals surface area contributed by atoms with Crippen LogP contribution in [0, 0.1) is 5.41 Å². The summed E-state index contributed by atoms with van der Waals surface area (Å²) in [5.41, 5.74) is -1.77. The summed E-state index contributed by atoms with van der Waals surface area (Å²) in [6.45, 7) is 4.62. The Bertz CT molecular complexity index is 1260. The number of carbonyl (C=O) groups excluding carboxylic acids is 1. The number of nitrogens with one attached hydrogen (secondary N) is 1. The van der Waals surface area contributed by atoms with Gasteiger partial charge in [-0.1, -0.05) is 51.1 Å². The second-order valence-electron chi connectivity index (χ2n) is 9.32. The normalized spacial score (nSPS) is 13.0. The third-order valence-electron chi connectivity index (χ3n) is 5.55. The van der Waals surface area contributed by atoms with Crippen LogP contribution in [0.15, 0.2) is 54.6 Å². The predicted octanol–water partition coefficient (Wildman–Crippen LogP) is 6.60. The summed E-state index contributed by atoms with van der Waals surface area (Å²) in [7, 11) is 0. The molecule has 3 aromatic carbocycles. The molecule has 0 unspecified atom stereocenters. The molecule has 5 nitrogen and oxygen atoms in total. The maximum absolute atomic E-state index is 13.4. The van der Waals surface area contributed by atoms with Gasteiger partial charge in [-0.05, 0) is 40.6 Å². The van der Waals surface area contributed by atoms with Crippen LogP contribution in [-0.2, 0) is 17.6 Å². The number of amides is 1. The summed E-state index contributed by atoms with van der Waals surface area (Å²) in [5.74, 6) is -2.15. The van der Waals surface area contributed by atoms with Gasteiger partial charge in [0.25, 0.3) is 12.3 Å². The Morgan fingerprint density at radius 2 is 1.58 bits per heavy atom. The first-order valence-electron chi connectivity index (χ1n) is 10.9. The fraction of sp³-hybridized carbons (Fsp3) is 0.308. The predicted molar refractivity (Wildman–Crippen MR) is 123 cm³/mol. The number of rotatable bonds is 7. The molecular formula is C26H24F5NO4. The molecule has 1 atom stereocenters. The molecule has 2 N–H and O–H groups in total. The van der Waals surface area contributed by atoms with Gasteiger partial charge in [0, 0.05) is 10.9 Å². The lowest BCUT2D eigenvalue weighted by Gasteiger charge is -2.28. The molecule has 192 valence electrons. The zero-order valence-electron chi connectivity index (χ0n) is 19.6. The quantitative estimate of drug-likeness (QED) is 0.352. The topological polar surface area (TPSA) is 75.6 Å². The standard InChI is InChI=1S/C26H24F5NO4/c1-25(2,3)21(24(34)35)32-23(33)18-11-8-15-6-7-16(22(27)28)12-19(15)20(18)36-13-14-4-9-17(10-5-14)26(29,30)31/h4-12,21-22H,13H2,1-3H3,(H,32,33)(H,34,35)/t21-/m0/s1. The average molecular weight is 509 g/mol. The molecule has 0 aliphatic heterocycles. The Labute approximate surface area is 203 Å². The van der Waals surface area contributed by atoms with Crippen molar-refractivity contribution in [3.63, 3.8) is 0 Å². The van der Waals surface area contributed by atoms with Crippen molar-refractivity contribution >= 4 is 22.6 Å². The number of carboxylic acids is 1. The van der Waals surface area contributed by atoms with Crippen molar-refractivity contribution in [1.82, 2.24) is 5.32 Å². The van der Waals surface area contributed by atoms with Gasteiger partial charge >= 0.3 is 12.1 Å². The number of halogens is 5. The molecule has 0 saturated heterocycles. The average Bonchev–Trinajstić information content (AvgIpc) is 2.79. The van der Waals surface area contributed by atoms with E-state index in [1.165, 1.54) is 36.4 Å². The Kier molecular flexibility index (Phi) is 7.56. The molecule has 0 fully saturated rings. The van der Waals surface area contributed by atoms with E-state index >= 15 is 0 Å². The third kappa shape index (κ3) is 6.10. The molecule has 3 rings (SSSR count). The Hall–Kier alpha value is -3.69. The van der Waals surface area contributed by atoms with E-state index < -0.39 is 41.5 Å². The van der Waals surface area contributed by atoms with Gasteiger partial charge in [-0.3, -0.25) is 4.79 Å². The van der Waals surface area contributed by atoms with E-state index in [4.69, 9.17) is 4.74 Å². The van der Waals surface area contributed by atoms with Gasteiger partial charge in [-0.25, -0.2) is 13.6 Å². The van der Waals surface area contributed by atoms with E-state index in [0.717, 1.165) is 18.2 Å². The number of hydrogen-bond acceptors (Lipinski definition) is 3. The van der Waals surface area contributed by atoms with Gasteiger partial charge in [0.2, 0.25) is 0 Å². The number of carbonyl (C=O) groups is 2.